The third-order valence-electron chi connectivity index (χ3n) is 3.19. The fourth-order valence-corrected chi connectivity index (χ4v) is 2.51. The quantitative estimate of drug-likeness (QED) is 0.556. The van der Waals surface area contributed by atoms with Crippen molar-refractivity contribution < 1.29 is 19.1 Å². The number of hydrogen-bond acceptors (Lipinski definition) is 5. The van der Waals surface area contributed by atoms with Crippen LogP contribution in [0.4, 0.5) is 5.69 Å². The Labute approximate surface area is 138 Å². The number of carbonyl (C=O) groups excluding carboxylic acids is 2. The van der Waals surface area contributed by atoms with E-state index in [0.29, 0.717) is 17.7 Å². The highest BCUT2D eigenvalue weighted by molar-refractivity contribution is 7.98. The van der Waals surface area contributed by atoms with Crippen LogP contribution in [0.2, 0.25) is 0 Å². The lowest BCUT2D eigenvalue weighted by atomic mass is 10.1. The van der Waals surface area contributed by atoms with Gasteiger partial charge in [0, 0.05) is 17.0 Å². The SMILES string of the molecule is CSc1ccccc1NC(=O)C(=O)NCC[C@@H](O)c1ccoc1. The lowest BCUT2D eigenvalue weighted by molar-refractivity contribution is -0.136. The van der Waals surface area contributed by atoms with Gasteiger partial charge in [-0.15, -0.1) is 11.8 Å². The number of furan rings is 1. The van der Waals surface area contributed by atoms with Crippen LogP contribution in [0.25, 0.3) is 0 Å². The molecule has 0 aliphatic heterocycles. The molecule has 2 amide bonds. The first kappa shape index (κ1) is 17.1. The summed E-state index contributed by atoms with van der Waals surface area (Å²) >= 11 is 1.48. The number of anilines is 1. The molecule has 0 radical (unpaired) electrons. The Bertz CT molecular complexity index is 658. The summed E-state index contributed by atoms with van der Waals surface area (Å²) in [5.74, 6) is -1.47. The molecule has 7 heteroatoms. The van der Waals surface area contributed by atoms with E-state index < -0.39 is 17.9 Å². The van der Waals surface area contributed by atoms with Crippen molar-refractivity contribution in [2.75, 3.05) is 18.1 Å². The second-order valence-corrected chi connectivity index (χ2v) is 5.62. The number of para-hydroxylation sites is 1. The molecule has 1 aromatic carbocycles. The number of aliphatic hydroxyl groups excluding tert-OH is 1. The lowest BCUT2D eigenvalue weighted by Crippen LogP contribution is -2.36. The molecular weight excluding hydrogens is 316 g/mol. The van der Waals surface area contributed by atoms with Crippen LogP contribution >= 0.6 is 11.8 Å². The molecule has 2 rings (SSSR count). The van der Waals surface area contributed by atoms with Gasteiger partial charge in [0.15, 0.2) is 0 Å². The molecule has 1 atom stereocenters. The highest BCUT2D eigenvalue weighted by Crippen LogP contribution is 2.24. The number of hydrogen-bond donors (Lipinski definition) is 3. The van der Waals surface area contributed by atoms with Gasteiger partial charge in [0.1, 0.15) is 0 Å². The molecule has 0 bridgehead atoms. The van der Waals surface area contributed by atoms with Gasteiger partial charge in [-0.05, 0) is 30.9 Å². The zero-order valence-electron chi connectivity index (χ0n) is 12.6. The summed E-state index contributed by atoms with van der Waals surface area (Å²) in [5.41, 5.74) is 1.23. The smallest absolute Gasteiger partial charge is 0.313 e. The largest absolute Gasteiger partial charge is 0.472 e. The van der Waals surface area contributed by atoms with Crippen molar-refractivity contribution in [1.29, 1.82) is 0 Å². The standard InChI is InChI=1S/C16H18N2O4S/c1-23-14-5-3-2-4-12(14)18-16(21)15(20)17-8-6-13(19)11-7-9-22-10-11/h2-5,7,9-10,13,19H,6,8H2,1H3,(H,17,20)(H,18,21)/t13-/m1/s1. The zero-order valence-corrected chi connectivity index (χ0v) is 13.4. The average Bonchev–Trinajstić information content (AvgIpc) is 3.09. The number of amides is 2. The lowest BCUT2D eigenvalue weighted by Gasteiger charge is -2.11. The van der Waals surface area contributed by atoms with E-state index in [2.05, 4.69) is 10.6 Å². The van der Waals surface area contributed by atoms with E-state index in [1.807, 2.05) is 18.4 Å². The fourth-order valence-electron chi connectivity index (χ4n) is 1.96. The van der Waals surface area contributed by atoms with Gasteiger partial charge in [0.2, 0.25) is 0 Å². The van der Waals surface area contributed by atoms with E-state index in [4.69, 9.17) is 4.42 Å². The minimum absolute atomic E-state index is 0.183. The Morgan fingerprint density at radius 3 is 2.74 bits per heavy atom. The van der Waals surface area contributed by atoms with E-state index >= 15 is 0 Å². The van der Waals surface area contributed by atoms with E-state index in [-0.39, 0.29) is 6.54 Å². The Balaban J connectivity index is 1.80. The van der Waals surface area contributed by atoms with Gasteiger partial charge in [-0.2, -0.15) is 0 Å². The Hall–Kier alpha value is -2.25. The predicted molar refractivity (Wildman–Crippen MR) is 88.1 cm³/mol. The molecular formula is C16H18N2O4S. The van der Waals surface area contributed by atoms with Crippen molar-refractivity contribution in [3.63, 3.8) is 0 Å². The van der Waals surface area contributed by atoms with Crippen molar-refractivity contribution in [3.05, 3.63) is 48.4 Å². The molecule has 122 valence electrons. The summed E-state index contributed by atoms with van der Waals surface area (Å²) in [6.45, 7) is 0.183. The molecule has 0 unspecified atom stereocenters. The summed E-state index contributed by atoms with van der Waals surface area (Å²) in [4.78, 5) is 24.5. The van der Waals surface area contributed by atoms with Crippen LogP contribution in [0.1, 0.15) is 18.1 Å². The van der Waals surface area contributed by atoms with Crippen molar-refractivity contribution in [3.8, 4) is 0 Å². The van der Waals surface area contributed by atoms with Crippen LogP contribution in [0.5, 0.6) is 0 Å². The van der Waals surface area contributed by atoms with Crippen molar-refractivity contribution in [2.45, 2.75) is 17.4 Å². The summed E-state index contributed by atoms with van der Waals surface area (Å²) in [5, 5.41) is 14.9. The third kappa shape index (κ3) is 4.87. The van der Waals surface area contributed by atoms with Gasteiger partial charge in [-0.3, -0.25) is 9.59 Å². The summed E-state index contributed by atoms with van der Waals surface area (Å²) in [7, 11) is 0. The average molecular weight is 334 g/mol. The molecule has 3 N–H and O–H groups in total. The molecule has 6 nitrogen and oxygen atoms in total. The fraction of sp³-hybridized carbons (Fsp3) is 0.250. The predicted octanol–water partition coefficient (Wildman–Crippen LogP) is 2.18. The second-order valence-electron chi connectivity index (χ2n) is 4.77. The Kier molecular flexibility index (Phi) is 6.25. The maximum atomic E-state index is 11.9. The highest BCUT2D eigenvalue weighted by Gasteiger charge is 2.16. The summed E-state index contributed by atoms with van der Waals surface area (Å²) in [6, 6.07) is 8.89. The molecule has 1 heterocycles. The van der Waals surface area contributed by atoms with Gasteiger partial charge in [0.05, 0.1) is 24.3 Å². The zero-order chi connectivity index (χ0) is 16.7. The first-order chi connectivity index (χ1) is 11.1. The number of rotatable bonds is 6. The van der Waals surface area contributed by atoms with Crippen LogP contribution in [-0.2, 0) is 9.59 Å². The van der Waals surface area contributed by atoms with E-state index in [1.54, 1.807) is 18.2 Å². The number of carbonyl (C=O) groups is 2. The van der Waals surface area contributed by atoms with Crippen LogP contribution in [0.15, 0.2) is 52.2 Å². The van der Waals surface area contributed by atoms with Gasteiger partial charge in [-0.1, -0.05) is 12.1 Å². The molecule has 0 aliphatic rings. The van der Waals surface area contributed by atoms with Crippen LogP contribution in [-0.4, -0.2) is 29.7 Å². The molecule has 0 spiro atoms. The molecule has 0 saturated carbocycles. The maximum Gasteiger partial charge on any atom is 0.313 e. The van der Waals surface area contributed by atoms with Gasteiger partial charge < -0.3 is 20.2 Å². The summed E-state index contributed by atoms with van der Waals surface area (Å²) < 4.78 is 4.88. The van der Waals surface area contributed by atoms with Gasteiger partial charge in [0.25, 0.3) is 0 Å². The van der Waals surface area contributed by atoms with Crippen molar-refractivity contribution in [1.82, 2.24) is 5.32 Å². The number of nitrogens with one attached hydrogen (secondary N) is 2. The first-order valence-electron chi connectivity index (χ1n) is 7.04. The Morgan fingerprint density at radius 2 is 2.04 bits per heavy atom. The Morgan fingerprint density at radius 1 is 1.26 bits per heavy atom. The van der Waals surface area contributed by atoms with Crippen LogP contribution < -0.4 is 10.6 Å². The molecule has 0 saturated heterocycles. The van der Waals surface area contributed by atoms with E-state index in [0.717, 1.165) is 4.90 Å². The van der Waals surface area contributed by atoms with Crippen molar-refractivity contribution in [2.24, 2.45) is 0 Å². The minimum atomic E-state index is -0.741. The van der Waals surface area contributed by atoms with Gasteiger partial charge >= 0.3 is 11.8 Å². The third-order valence-corrected chi connectivity index (χ3v) is 3.99. The monoisotopic (exact) mass is 334 g/mol. The topological polar surface area (TPSA) is 91.6 Å². The second kappa shape index (κ2) is 8.40. The normalized spacial score (nSPS) is 11.7. The number of aliphatic hydroxyl groups is 1. The van der Waals surface area contributed by atoms with E-state index in [9.17, 15) is 14.7 Å². The molecule has 23 heavy (non-hydrogen) atoms. The highest BCUT2D eigenvalue weighted by atomic mass is 32.2. The van der Waals surface area contributed by atoms with E-state index in [1.165, 1.54) is 24.3 Å². The summed E-state index contributed by atoms with van der Waals surface area (Å²) in [6.07, 6.45) is 4.35. The molecule has 0 aliphatic carbocycles. The van der Waals surface area contributed by atoms with Crippen LogP contribution in [0.3, 0.4) is 0 Å². The van der Waals surface area contributed by atoms with Crippen molar-refractivity contribution >= 4 is 29.3 Å². The van der Waals surface area contributed by atoms with Crippen LogP contribution in [0, 0.1) is 0 Å². The molecule has 2 aromatic rings. The maximum absolute atomic E-state index is 11.9. The number of benzene rings is 1. The molecule has 0 fully saturated rings. The first-order valence-corrected chi connectivity index (χ1v) is 8.26. The minimum Gasteiger partial charge on any atom is -0.472 e. The molecule has 1 aromatic heterocycles. The number of thioether (sulfide) groups is 1. The van der Waals surface area contributed by atoms with Gasteiger partial charge in [-0.25, -0.2) is 0 Å².